The Bertz CT molecular complexity index is 1630. The van der Waals surface area contributed by atoms with Gasteiger partial charge in [0.2, 0.25) is 0 Å². The summed E-state index contributed by atoms with van der Waals surface area (Å²) in [5, 5.41) is 10.7. The molecule has 1 aromatic heterocycles. The number of esters is 1. The van der Waals surface area contributed by atoms with Crippen LogP contribution in [-0.2, 0) is 36.1 Å². The van der Waals surface area contributed by atoms with E-state index in [2.05, 4.69) is 32.9 Å². The zero-order valence-electron chi connectivity index (χ0n) is 24.6. The standard InChI is InChI=1S/C32H39N5O3/c1-21-10-8-9-11-23(21)17-28(30(38)40-7)35(5)19-22-12-13-24(18-33)25(16-22)26-14-15-27-29(34-26)36(6)31(39)37(27)20-32(2,3)4/h8-13,15-16,26,28H,14,17,19-20H2,1-7H3. The molecule has 4 rings (SSSR count). The highest BCUT2D eigenvalue weighted by molar-refractivity contribution is 5.76. The fourth-order valence-corrected chi connectivity index (χ4v) is 5.36. The highest BCUT2D eigenvalue weighted by Crippen LogP contribution is 2.28. The van der Waals surface area contributed by atoms with Crippen molar-refractivity contribution in [2.75, 3.05) is 14.2 Å². The van der Waals surface area contributed by atoms with Crippen LogP contribution in [0.25, 0.3) is 6.08 Å². The topological polar surface area (TPSA) is 92.6 Å². The van der Waals surface area contributed by atoms with Crippen LogP contribution in [0.1, 0.15) is 61.1 Å². The first-order chi connectivity index (χ1) is 18.9. The number of nitriles is 1. The van der Waals surface area contributed by atoms with Gasteiger partial charge >= 0.3 is 11.7 Å². The van der Waals surface area contributed by atoms with E-state index < -0.39 is 6.04 Å². The maximum atomic E-state index is 13.0. The monoisotopic (exact) mass is 541 g/mol. The molecule has 1 aliphatic rings. The summed E-state index contributed by atoms with van der Waals surface area (Å²) in [6.45, 7) is 9.45. The van der Waals surface area contributed by atoms with Crippen molar-refractivity contribution in [2.45, 2.75) is 65.7 Å². The second-order valence-corrected chi connectivity index (χ2v) is 11.9. The second kappa shape index (κ2) is 11.6. The lowest BCUT2D eigenvalue weighted by Crippen LogP contribution is -2.40. The molecule has 1 aliphatic heterocycles. The van der Waals surface area contributed by atoms with Gasteiger partial charge in [0.25, 0.3) is 0 Å². The number of aromatic nitrogens is 2. The SMILES string of the molecule is COC(=O)C(Cc1ccccc1C)N(C)Cc1ccc(C#N)c(C2CC=c3c(n(C)c(=O)n3CC(C)(C)C)=N2)c1. The van der Waals surface area contributed by atoms with Crippen LogP contribution in [0.2, 0.25) is 0 Å². The third-order valence-corrected chi connectivity index (χ3v) is 7.51. The molecule has 0 spiro atoms. The van der Waals surface area contributed by atoms with Crippen LogP contribution in [0.3, 0.4) is 0 Å². The number of ether oxygens (including phenoxy) is 1. The Hall–Kier alpha value is -3.96. The molecule has 8 nitrogen and oxygen atoms in total. The van der Waals surface area contributed by atoms with Crippen LogP contribution in [0, 0.1) is 23.7 Å². The van der Waals surface area contributed by atoms with Gasteiger partial charge in [0.1, 0.15) is 6.04 Å². The maximum Gasteiger partial charge on any atom is 0.330 e. The molecule has 0 fully saturated rings. The number of methoxy groups -OCH3 is 1. The average Bonchev–Trinajstić information content (AvgIpc) is 3.15. The van der Waals surface area contributed by atoms with Gasteiger partial charge in [-0.05, 0) is 60.5 Å². The third kappa shape index (κ3) is 6.10. The molecule has 2 aromatic carbocycles. The highest BCUT2D eigenvalue weighted by atomic mass is 16.5. The van der Waals surface area contributed by atoms with Crippen molar-refractivity contribution in [3.63, 3.8) is 0 Å². The molecule has 0 aliphatic carbocycles. The van der Waals surface area contributed by atoms with Gasteiger partial charge in [-0.1, -0.05) is 63.2 Å². The van der Waals surface area contributed by atoms with Crippen LogP contribution in [-0.4, -0.2) is 40.2 Å². The van der Waals surface area contributed by atoms with E-state index in [4.69, 9.17) is 9.73 Å². The molecular weight excluding hydrogens is 502 g/mol. The van der Waals surface area contributed by atoms with E-state index in [1.807, 2.05) is 61.3 Å². The van der Waals surface area contributed by atoms with Gasteiger partial charge in [-0.2, -0.15) is 5.26 Å². The first kappa shape index (κ1) is 29.0. The van der Waals surface area contributed by atoms with E-state index in [1.165, 1.54) is 7.11 Å². The molecule has 0 bridgehead atoms. The zero-order valence-corrected chi connectivity index (χ0v) is 24.6. The summed E-state index contributed by atoms with van der Waals surface area (Å²) in [4.78, 5) is 32.8. The van der Waals surface area contributed by atoms with Gasteiger partial charge in [0, 0.05) is 20.1 Å². The number of benzene rings is 2. The fraction of sp³-hybridized carbons (Fsp3) is 0.438. The number of nitrogens with zero attached hydrogens (tertiary/aromatic N) is 5. The summed E-state index contributed by atoms with van der Waals surface area (Å²) in [5.41, 5.74) is 5.07. The number of fused-ring (bicyclic) bond motifs is 1. The molecule has 0 amide bonds. The van der Waals surface area contributed by atoms with Gasteiger partial charge in [-0.25, -0.2) is 4.79 Å². The first-order valence-electron chi connectivity index (χ1n) is 13.6. The van der Waals surface area contributed by atoms with Gasteiger partial charge in [0.05, 0.1) is 30.1 Å². The van der Waals surface area contributed by atoms with Crippen LogP contribution >= 0.6 is 0 Å². The van der Waals surface area contributed by atoms with Crippen LogP contribution in [0.4, 0.5) is 0 Å². The van der Waals surface area contributed by atoms with Gasteiger partial charge in [0.15, 0.2) is 5.49 Å². The summed E-state index contributed by atoms with van der Waals surface area (Å²) in [5.74, 6) is -0.287. The number of aryl methyl sites for hydroxylation is 1. The molecule has 210 valence electrons. The molecule has 2 heterocycles. The van der Waals surface area contributed by atoms with E-state index in [-0.39, 0.29) is 23.1 Å². The Morgan fingerprint density at radius 3 is 2.62 bits per heavy atom. The highest BCUT2D eigenvalue weighted by Gasteiger charge is 2.26. The molecule has 2 atom stereocenters. The van der Waals surface area contributed by atoms with E-state index >= 15 is 0 Å². The van der Waals surface area contributed by atoms with Crippen LogP contribution in [0.15, 0.2) is 52.3 Å². The molecule has 0 radical (unpaired) electrons. The molecule has 0 saturated heterocycles. The molecule has 0 saturated carbocycles. The van der Waals surface area contributed by atoms with Crippen molar-refractivity contribution in [2.24, 2.45) is 17.5 Å². The van der Waals surface area contributed by atoms with Gasteiger partial charge in [-0.15, -0.1) is 0 Å². The number of carbonyl (C=O) groups is 1. The number of carbonyl (C=O) groups excluding carboxylic acids is 1. The second-order valence-electron chi connectivity index (χ2n) is 11.9. The minimum atomic E-state index is -0.461. The summed E-state index contributed by atoms with van der Waals surface area (Å²) in [6, 6.07) is 15.4. The Morgan fingerprint density at radius 1 is 1.25 bits per heavy atom. The number of likely N-dealkylation sites (N-methyl/N-ethyl adjacent to an activating group) is 1. The molecule has 40 heavy (non-hydrogen) atoms. The molecule has 0 N–H and O–H groups in total. The minimum absolute atomic E-state index is 0.0563. The first-order valence-corrected chi connectivity index (χ1v) is 13.6. The molecule has 8 heteroatoms. The lowest BCUT2D eigenvalue weighted by Gasteiger charge is -2.27. The van der Waals surface area contributed by atoms with Crippen molar-refractivity contribution in [3.05, 3.63) is 91.6 Å². The van der Waals surface area contributed by atoms with E-state index in [9.17, 15) is 14.9 Å². The van der Waals surface area contributed by atoms with Crippen molar-refractivity contribution < 1.29 is 9.53 Å². The quantitative estimate of drug-likeness (QED) is 0.409. The predicted octanol–water partition coefficient (Wildman–Crippen LogP) is 3.17. The third-order valence-electron chi connectivity index (χ3n) is 7.51. The Labute approximate surface area is 235 Å². The van der Waals surface area contributed by atoms with E-state index in [1.54, 1.807) is 16.2 Å². The number of hydrogen-bond donors (Lipinski definition) is 0. The van der Waals surface area contributed by atoms with Crippen LogP contribution in [0.5, 0.6) is 0 Å². The van der Waals surface area contributed by atoms with Crippen molar-refractivity contribution in [3.8, 4) is 6.07 Å². The van der Waals surface area contributed by atoms with Gasteiger partial charge in [-0.3, -0.25) is 23.8 Å². The van der Waals surface area contributed by atoms with Gasteiger partial charge < -0.3 is 4.74 Å². The van der Waals surface area contributed by atoms with E-state index in [0.29, 0.717) is 37.0 Å². The fourth-order valence-electron chi connectivity index (χ4n) is 5.36. The van der Waals surface area contributed by atoms with Crippen molar-refractivity contribution in [1.29, 1.82) is 5.26 Å². The van der Waals surface area contributed by atoms with E-state index in [0.717, 1.165) is 27.6 Å². The summed E-state index contributed by atoms with van der Waals surface area (Å²) in [7, 11) is 5.08. The largest absolute Gasteiger partial charge is 0.468 e. The van der Waals surface area contributed by atoms with Crippen LogP contribution < -0.4 is 16.5 Å². The molecular formula is C32H39N5O3. The van der Waals surface area contributed by atoms with Crippen molar-refractivity contribution in [1.82, 2.24) is 14.0 Å². The number of imidazole rings is 1. The lowest BCUT2D eigenvalue weighted by atomic mass is 9.94. The Kier molecular flexibility index (Phi) is 8.45. The summed E-state index contributed by atoms with van der Waals surface area (Å²) >= 11 is 0. The normalized spacial score (nSPS) is 15.5. The number of hydrogen-bond acceptors (Lipinski definition) is 6. The molecule has 3 aromatic rings. The Balaban J connectivity index is 1.66. The Morgan fingerprint density at radius 2 is 1.98 bits per heavy atom. The summed E-state index contributed by atoms with van der Waals surface area (Å²) in [6.07, 6.45) is 3.19. The predicted molar refractivity (Wildman–Crippen MR) is 155 cm³/mol. The average molecular weight is 542 g/mol. The zero-order chi connectivity index (χ0) is 29.2. The minimum Gasteiger partial charge on any atom is -0.468 e. The molecule has 2 unspecified atom stereocenters. The van der Waals surface area contributed by atoms with Crippen molar-refractivity contribution >= 4 is 12.0 Å². The maximum absolute atomic E-state index is 13.0. The summed E-state index contributed by atoms with van der Waals surface area (Å²) < 4.78 is 8.55. The smallest absolute Gasteiger partial charge is 0.330 e. The lowest BCUT2D eigenvalue weighted by molar-refractivity contribution is -0.146. The number of rotatable bonds is 8.